The van der Waals surface area contributed by atoms with E-state index in [2.05, 4.69) is 5.32 Å². The quantitative estimate of drug-likeness (QED) is 0.745. The van der Waals surface area contributed by atoms with Gasteiger partial charge in [-0.1, -0.05) is 51.1 Å². The van der Waals surface area contributed by atoms with Crippen LogP contribution in [0.25, 0.3) is 0 Å². The molecule has 0 aliphatic carbocycles. The number of nitrogens with one attached hydrogen (secondary N) is 1. The number of aliphatic hydroxyl groups is 1. The molecule has 0 spiro atoms. The lowest BCUT2D eigenvalue weighted by Crippen LogP contribution is -2.50. The van der Waals surface area contributed by atoms with Gasteiger partial charge in [0.05, 0.1) is 12.1 Å². The fraction of sp³-hybridized carbons (Fsp3) is 0.533. The van der Waals surface area contributed by atoms with Crippen molar-refractivity contribution < 1.29 is 9.90 Å². The van der Waals surface area contributed by atoms with Crippen molar-refractivity contribution in [2.75, 3.05) is 6.54 Å². The standard InChI is InChI=1S/C15H24N2O2/c1-15(2,3)13(16)14(19)17-10-12(18)9-11-7-5-4-6-8-11/h4-8,12-13,18H,9-10,16H2,1-3H3,(H,17,19)/t12?,13-/m1/s1. The summed E-state index contributed by atoms with van der Waals surface area (Å²) in [7, 11) is 0. The topological polar surface area (TPSA) is 75.4 Å². The molecule has 0 aliphatic rings. The van der Waals surface area contributed by atoms with E-state index in [1.165, 1.54) is 0 Å². The summed E-state index contributed by atoms with van der Waals surface area (Å²) >= 11 is 0. The third-order valence-electron chi connectivity index (χ3n) is 3.04. The first kappa shape index (κ1) is 15.7. The maximum atomic E-state index is 11.8. The van der Waals surface area contributed by atoms with E-state index in [0.717, 1.165) is 5.56 Å². The van der Waals surface area contributed by atoms with Crippen molar-refractivity contribution in [2.24, 2.45) is 11.1 Å². The zero-order chi connectivity index (χ0) is 14.5. The van der Waals surface area contributed by atoms with Crippen molar-refractivity contribution in [1.29, 1.82) is 0 Å². The van der Waals surface area contributed by atoms with Crippen LogP contribution in [0.15, 0.2) is 30.3 Å². The van der Waals surface area contributed by atoms with Crippen LogP contribution >= 0.6 is 0 Å². The summed E-state index contributed by atoms with van der Waals surface area (Å²) in [4.78, 5) is 11.8. The van der Waals surface area contributed by atoms with Crippen molar-refractivity contribution in [1.82, 2.24) is 5.32 Å². The number of amides is 1. The minimum Gasteiger partial charge on any atom is -0.391 e. The smallest absolute Gasteiger partial charge is 0.237 e. The molecule has 0 bridgehead atoms. The monoisotopic (exact) mass is 264 g/mol. The highest BCUT2D eigenvalue weighted by Gasteiger charge is 2.27. The van der Waals surface area contributed by atoms with Crippen LogP contribution in [0.2, 0.25) is 0 Å². The van der Waals surface area contributed by atoms with Gasteiger partial charge < -0.3 is 16.2 Å². The van der Waals surface area contributed by atoms with Gasteiger partial charge in [0.1, 0.15) is 0 Å². The van der Waals surface area contributed by atoms with Crippen LogP contribution in [0.3, 0.4) is 0 Å². The summed E-state index contributed by atoms with van der Waals surface area (Å²) in [6, 6.07) is 9.11. The molecule has 0 aliphatic heterocycles. The van der Waals surface area contributed by atoms with Gasteiger partial charge in [0.2, 0.25) is 5.91 Å². The molecule has 0 saturated heterocycles. The highest BCUT2D eigenvalue weighted by molar-refractivity contribution is 5.82. The average molecular weight is 264 g/mol. The number of aliphatic hydroxyl groups excluding tert-OH is 1. The maximum Gasteiger partial charge on any atom is 0.237 e. The summed E-state index contributed by atoms with van der Waals surface area (Å²) < 4.78 is 0. The number of rotatable bonds is 5. The van der Waals surface area contributed by atoms with Crippen LogP contribution in [0.4, 0.5) is 0 Å². The molecular weight excluding hydrogens is 240 g/mol. The normalized spacial score (nSPS) is 14.8. The van der Waals surface area contributed by atoms with Gasteiger partial charge in [0, 0.05) is 13.0 Å². The molecule has 0 aromatic heterocycles. The Balaban J connectivity index is 2.38. The molecule has 4 nitrogen and oxygen atoms in total. The second-order valence-electron chi connectivity index (χ2n) is 5.93. The number of hydrogen-bond acceptors (Lipinski definition) is 3. The molecule has 1 aromatic carbocycles. The van der Waals surface area contributed by atoms with Crippen molar-refractivity contribution in [3.05, 3.63) is 35.9 Å². The molecule has 19 heavy (non-hydrogen) atoms. The zero-order valence-electron chi connectivity index (χ0n) is 11.9. The molecule has 0 heterocycles. The number of hydrogen-bond donors (Lipinski definition) is 3. The third kappa shape index (κ3) is 5.41. The van der Waals surface area contributed by atoms with Gasteiger partial charge in [-0.15, -0.1) is 0 Å². The van der Waals surface area contributed by atoms with E-state index in [9.17, 15) is 9.90 Å². The minimum atomic E-state index is -0.599. The van der Waals surface area contributed by atoms with Crippen LogP contribution in [-0.4, -0.2) is 29.7 Å². The minimum absolute atomic E-state index is 0.220. The Morgan fingerprint density at radius 3 is 2.42 bits per heavy atom. The Morgan fingerprint density at radius 1 is 1.32 bits per heavy atom. The molecule has 1 aromatic rings. The molecule has 2 atom stereocenters. The summed E-state index contributed by atoms with van der Waals surface area (Å²) in [5.41, 5.74) is 6.60. The van der Waals surface area contributed by atoms with E-state index in [4.69, 9.17) is 5.73 Å². The van der Waals surface area contributed by atoms with Gasteiger partial charge in [-0.25, -0.2) is 0 Å². The van der Waals surface area contributed by atoms with Crippen LogP contribution < -0.4 is 11.1 Å². The van der Waals surface area contributed by atoms with Gasteiger partial charge in [-0.2, -0.15) is 0 Å². The first-order chi connectivity index (χ1) is 8.80. The lowest BCUT2D eigenvalue weighted by molar-refractivity contribution is -0.124. The number of nitrogens with two attached hydrogens (primary N) is 1. The lowest BCUT2D eigenvalue weighted by atomic mass is 9.87. The first-order valence-electron chi connectivity index (χ1n) is 6.56. The number of carbonyl (C=O) groups excluding carboxylic acids is 1. The van der Waals surface area contributed by atoms with E-state index in [1.54, 1.807) is 0 Å². The average Bonchev–Trinajstić information content (AvgIpc) is 2.35. The predicted octanol–water partition coefficient (Wildman–Crippen LogP) is 1.08. The summed E-state index contributed by atoms with van der Waals surface area (Å²) in [6.45, 7) is 5.96. The van der Waals surface area contributed by atoms with Crippen LogP contribution in [0.1, 0.15) is 26.3 Å². The molecule has 106 valence electrons. The first-order valence-corrected chi connectivity index (χ1v) is 6.56. The number of benzene rings is 1. The largest absolute Gasteiger partial charge is 0.391 e. The molecule has 4 heteroatoms. The Kier molecular flexibility index (Phi) is 5.51. The number of carbonyl (C=O) groups is 1. The second kappa shape index (κ2) is 6.68. The Bertz CT molecular complexity index is 398. The van der Waals surface area contributed by atoms with Crippen molar-refractivity contribution in [3.8, 4) is 0 Å². The Hall–Kier alpha value is -1.39. The van der Waals surface area contributed by atoms with Crippen LogP contribution in [0, 0.1) is 5.41 Å². The fourth-order valence-corrected chi connectivity index (χ4v) is 1.68. The lowest BCUT2D eigenvalue weighted by Gasteiger charge is -2.26. The molecule has 4 N–H and O–H groups in total. The van der Waals surface area contributed by atoms with Gasteiger partial charge in [-0.3, -0.25) is 4.79 Å². The van der Waals surface area contributed by atoms with Gasteiger partial charge in [-0.05, 0) is 11.0 Å². The SMILES string of the molecule is CC(C)(C)[C@H](N)C(=O)NCC(O)Cc1ccccc1. The van der Waals surface area contributed by atoms with E-state index in [0.29, 0.717) is 6.42 Å². The molecule has 1 amide bonds. The predicted molar refractivity (Wildman–Crippen MR) is 76.6 cm³/mol. The van der Waals surface area contributed by atoms with E-state index in [1.807, 2.05) is 51.1 Å². The molecular formula is C15H24N2O2. The van der Waals surface area contributed by atoms with E-state index < -0.39 is 12.1 Å². The second-order valence-corrected chi connectivity index (χ2v) is 5.93. The van der Waals surface area contributed by atoms with Crippen molar-refractivity contribution >= 4 is 5.91 Å². The van der Waals surface area contributed by atoms with Crippen LogP contribution in [-0.2, 0) is 11.2 Å². The van der Waals surface area contributed by atoms with Crippen LogP contribution in [0.5, 0.6) is 0 Å². The molecule has 0 radical (unpaired) electrons. The molecule has 1 unspecified atom stereocenters. The van der Waals surface area contributed by atoms with Gasteiger partial charge in [0.25, 0.3) is 0 Å². The molecule has 0 saturated carbocycles. The zero-order valence-corrected chi connectivity index (χ0v) is 11.9. The highest BCUT2D eigenvalue weighted by atomic mass is 16.3. The van der Waals surface area contributed by atoms with Gasteiger partial charge >= 0.3 is 0 Å². The summed E-state index contributed by atoms with van der Waals surface area (Å²) in [6.07, 6.45) is -0.0789. The summed E-state index contributed by atoms with van der Waals surface area (Å²) in [5.74, 6) is -0.223. The third-order valence-corrected chi connectivity index (χ3v) is 3.04. The van der Waals surface area contributed by atoms with E-state index >= 15 is 0 Å². The van der Waals surface area contributed by atoms with Crippen molar-refractivity contribution in [2.45, 2.75) is 39.3 Å². The van der Waals surface area contributed by atoms with E-state index in [-0.39, 0.29) is 17.9 Å². The highest BCUT2D eigenvalue weighted by Crippen LogP contribution is 2.17. The Morgan fingerprint density at radius 2 is 1.89 bits per heavy atom. The maximum absolute atomic E-state index is 11.8. The Labute approximate surface area is 115 Å². The summed E-state index contributed by atoms with van der Waals surface area (Å²) in [5, 5.41) is 12.6. The van der Waals surface area contributed by atoms with Gasteiger partial charge in [0.15, 0.2) is 0 Å². The fourth-order valence-electron chi connectivity index (χ4n) is 1.68. The van der Waals surface area contributed by atoms with Crippen molar-refractivity contribution in [3.63, 3.8) is 0 Å². The molecule has 1 rings (SSSR count). The molecule has 0 fully saturated rings.